The highest BCUT2D eigenvalue weighted by molar-refractivity contribution is 7.98. The van der Waals surface area contributed by atoms with Crippen molar-refractivity contribution in [3.8, 4) is 5.75 Å². The lowest BCUT2D eigenvalue weighted by atomic mass is 10.4. The van der Waals surface area contributed by atoms with Crippen molar-refractivity contribution in [2.24, 2.45) is 0 Å². The number of pyridine rings is 2. The predicted octanol–water partition coefficient (Wildman–Crippen LogP) is 2.78. The van der Waals surface area contributed by atoms with Crippen molar-refractivity contribution in [3.05, 3.63) is 51.7 Å². The molecule has 0 spiro atoms. The Labute approximate surface area is 143 Å². The molecule has 0 atom stereocenters. The molecule has 0 aliphatic rings. The molecule has 0 aliphatic carbocycles. The van der Waals surface area contributed by atoms with Gasteiger partial charge in [-0.05, 0) is 12.1 Å². The van der Waals surface area contributed by atoms with Gasteiger partial charge in [-0.25, -0.2) is 0 Å². The summed E-state index contributed by atoms with van der Waals surface area (Å²) in [4.78, 5) is 17.3. The van der Waals surface area contributed by atoms with E-state index in [2.05, 4.69) is 4.98 Å². The predicted molar refractivity (Wildman–Crippen MR) is 89.0 cm³/mol. The fraction of sp³-hybridized carbons (Fsp3) is 0.333. The lowest BCUT2D eigenvalue weighted by Gasteiger charge is -2.11. The molecule has 0 aliphatic heterocycles. The molecule has 8 heteroatoms. The molecule has 0 amide bonds. The van der Waals surface area contributed by atoms with E-state index in [1.165, 1.54) is 30.5 Å². The van der Waals surface area contributed by atoms with Crippen molar-refractivity contribution in [1.82, 2.24) is 9.55 Å². The molecule has 2 heterocycles. The summed E-state index contributed by atoms with van der Waals surface area (Å²) in [6.45, 7) is 0.158. The monoisotopic (exact) mass is 356 g/mol. The fourth-order valence-electron chi connectivity index (χ4n) is 1.77. The van der Waals surface area contributed by atoms with E-state index >= 15 is 0 Å². The summed E-state index contributed by atoms with van der Waals surface area (Å²) in [6, 6.07) is 5.35. The number of halogens is 1. The maximum Gasteiger partial charge on any atom is 0.294 e. The van der Waals surface area contributed by atoms with Crippen LogP contribution in [0.5, 0.6) is 5.75 Å². The second kappa shape index (κ2) is 8.93. The van der Waals surface area contributed by atoms with E-state index in [0.29, 0.717) is 10.8 Å². The number of aromatic nitrogens is 2. The van der Waals surface area contributed by atoms with Crippen LogP contribution in [-0.2, 0) is 22.0 Å². The number of ether oxygens (including phenoxy) is 3. The number of rotatable bonds is 8. The molecule has 2 rings (SSSR count). The number of nitrogens with zero attached hydrogens (tertiary/aromatic N) is 2. The van der Waals surface area contributed by atoms with Crippen LogP contribution in [0, 0.1) is 0 Å². The highest BCUT2D eigenvalue weighted by Crippen LogP contribution is 2.24. The average Bonchev–Trinajstić information content (AvgIpc) is 2.55. The third-order valence-electron chi connectivity index (χ3n) is 2.80. The summed E-state index contributed by atoms with van der Waals surface area (Å²) in [5.41, 5.74) is 0.626. The summed E-state index contributed by atoms with van der Waals surface area (Å²) in [7, 11) is 3.03. The number of hydrogen-bond donors (Lipinski definition) is 0. The third kappa shape index (κ3) is 5.24. The van der Waals surface area contributed by atoms with E-state index in [1.54, 1.807) is 24.5 Å². The largest absolute Gasteiger partial charge is 0.462 e. The molecule has 0 unspecified atom stereocenters. The van der Waals surface area contributed by atoms with Gasteiger partial charge in [-0.2, -0.15) is 0 Å². The first-order chi connectivity index (χ1) is 11.1. The van der Waals surface area contributed by atoms with Crippen molar-refractivity contribution >= 4 is 23.4 Å². The molecule has 6 nitrogen and oxygen atoms in total. The van der Waals surface area contributed by atoms with Gasteiger partial charge in [0.1, 0.15) is 6.73 Å². The van der Waals surface area contributed by atoms with Crippen LogP contribution in [-0.4, -0.2) is 30.6 Å². The second-order valence-electron chi connectivity index (χ2n) is 4.54. The van der Waals surface area contributed by atoms with E-state index in [0.717, 1.165) is 10.6 Å². The van der Waals surface area contributed by atoms with Crippen LogP contribution >= 0.6 is 23.4 Å². The van der Waals surface area contributed by atoms with Gasteiger partial charge in [-0.3, -0.25) is 14.3 Å². The van der Waals surface area contributed by atoms with Gasteiger partial charge in [-0.15, -0.1) is 11.8 Å². The summed E-state index contributed by atoms with van der Waals surface area (Å²) in [5.74, 6) is 0.865. The molecule has 0 radical (unpaired) electrons. The Hall–Kier alpha value is -1.54. The van der Waals surface area contributed by atoms with Crippen LogP contribution < -0.4 is 10.3 Å². The van der Waals surface area contributed by atoms with Crippen molar-refractivity contribution in [2.75, 3.05) is 21.0 Å². The first kappa shape index (κ1) is 17.8. The molecule has 0 saturated carbocycles. The molecule has 124 valence electrons. The Balaban J connectivity index is 2.17. The van der Waals surface area contributed by atoms with Gasteiger partial charge in [0.15, 0.2) is 12.5 Å². The average molecular weight is 357 g/mol. The fourth-order valence-corrected chi connectivity index (χ4v) is 2.76. The van der Waals surface area contributed by atoms with Gasteiger partial charge >= 0.3 is 0 Å². The Kier molecular flexibility index (Phi) is 6.91. The molecule has 0 saturated heterocycles. The molecule has 0 bridgehead atoms. The van der Waals surface area contributed by atoms with Gasteiger partial charge in [0.05, 0.1) is 10.7 Å². The summed E-state index contributed by atoms with van der Waals surface area (Å²) < 4.78 is 16.7. The lowest BCUT2D eigenvalue weighted by molar-refractivity contribution is 0.0483. The van der Waals surface area contributed by atoms with E-state index in [1.807, 2.05) is 6.07 Å². The first-order valence-electron chi connectivity index (χ1n) is 6.72. The minimum absolute atomic E-state index is 0.00901. The lowest BCUT2D eigenvalue weighted by Crippen LogP contribution is -2.23. The topological polar surface area (TPSA) is 62.6 Å². The van der Waals surface area contributed by atoms with Gasteiger partial charge < -0.3 is 14.2 Å². The van der Waals surface area contributed by atoms with Gasteiger partial charge in [0, 0.05) is 43.3 Å². The Morgan fingerprint density at radius 2 is 2.13 bits per heavy atom. The second-order valence-corrected chi connectivity index (χ2v) is 6.03. The summed E-state index contributed by atoms with van der Waals surface area (Å²) in [6.07, 6.45) is 3.34. The molecule has 23 heavy (non-hydrogen) atoms. The molecule has 2 aromatic heterocycles. The Morgan fingerprint density at radius 3 is 2.78 bits per heavy atom. The van der Waals surface area contributed by atoms with Crippen molar-refractivity contribution in [3.63, 3.8) is 0 Å². The number of hydrogen-bond acceptors (Lipinski definition) is 6. The van der Waals surface area contributed by atoms with Crippen LogP contribution in [0.1, 0.15) is 5.69 Å². The van der Waals surface area contributed by atoms with E-state index in [-0.39, 0.29) is 24.8 Å². The molecular formula is C15H17ClN2O4S. The SMILES string of the molecule is COCOc1cc(SCc2ccc(Cl)cn2)cn(COC)c1=O. The van der Waals surface area contributed by atoms with Crippen LogP contribution in [0.15, 0.2) is 40.3 Å². The zero-order valence-electron chi connectivity index (χ0n) is 12.8. The van der Waals surface area contributed by atoms with Crippen molar-refractivity contribution in [1.29, 1.82) is 0 Å². The normalized spacial score (nSPS) is 10.7. The van der Waals surface area contributed by atoms with Crippen LogP contribution in [0.25, 0.3) is 0 Å². The maximum atomic E-state index is 12.2. The third-order valence-corrected chi connectivity index (χ3v) is 4.02. The van der Waals surface area contributed by atoms with Crippen LogP contribution in [0.2, 0.25) is 5.02 Å². The molecular weight excluding hydrogens is 340 g/mol. The van der Waals surface area contributed by atoms with Gasteiger partial charge in [0.25, 0.3) is 5.56 Å². The number of methoxy groups -OCH3 is 2. The van der Waals surface area contributed by atoms with Crippen molar-refractivity contribution < 1.29 is 14.2 Å². The quantitative estimate of drug-likeness (QED) is 0.535. The smallest absolute Gasteiger partial charge is 0.294 e. The highest BCUT2D eigenvalue weighted by Gasteiger charge is 2.09. The van der Waals surface area contributed by atoms with Gasteiger partial charge in [-0.1, -0.05) is 11.6 Å². The van der Waals surface area contributed by atoms with E-state index in [9.17, 15) is 4.79 Å². The molecule has 0 fully saturated rings. The van der Waals surface area contributed by atoms with E-state index < -0.39 is 0 Å². The standard InChI is InChI=1S/C15H17ClN2O4S/c1-20-9-18-7-13(5-14(15(18)19)22-10-21-2)23-8-12-4-3-11(16)6-17-12/h3-7H,8-10H2,1-2H3. The van der Waals surface area contributed by atoms with Gasteiger partial charge in [0.2, 0.25) is 0 Å². The minimum atomic E-state index is -0.266. The summed E-state index contributed by atoms with van der Waals surface area (Å²) in [5, 5.41) is 0.600. The van der Waals surface area contributed by atoms with E-state index in [4.69, 9.17) is 25.8 Å². The Bertz CT molecular complexity index is 691. The molecule has 0 N–H and O–H groups in total. The van der Waals surface area contributed by atoms with Crippen LogP contribution in [0.3, 0.4) is 0 Å². The highest BCUT2D eigenvalue weighted by atomic mass is 35.5. The van der Waals surface area contributed by atoms with Crippen LogP contribution in [0.4, 0.5) is 0 Å². The number of thioether (sulfide) groups is 1. The zero-order valence-corrected chi connectivity index (χ0v) is 14.4. The zero-order chi connectivity index (χ0) is 16.7. The molecule has 0 aromatic carbocycles. The molecule has 2 aromatic rings. The van der Waals surface area contributed by atoms with Crippen molar-refractivity contribution in [2.45, 2.75) is 17.4 Å². The minimum Gasteiger partial charge on any atom is -0.462 e. The summed E-state index contributed by atoms with van der Waals surface area (Å²) >= 11 is 7.36. The maximum absolute atomic E-state index is 12.2. The Morgan fingerprint density at radius 1 is 1.30 bits per heavy atom. The first-order valence-corrected chi connectivity index (χ1v) is 8.08.